The Kier molecular flexibility index (Phi) is 8.19. The lowest BCUT2D eigenvalue weighted by atomic mass is 9.95. The normalized spacial score (nSPS) is 15.4. The van der Waals surface area contributed by atoms with Crippen molar-refractivity contribution in [1.29, 1.82) is 0 Å². The van der Waals surface area contributed by atoms with E-state index in [-0.39, 0.29) is 11.9 Å². The molecule has 1 aliphatic carbocycles. The number of pyridine rings is 1. The van der Waals surface area contributed by atoms with Crippen LogP contribution < -0.4 is 5.32 Å². The molecule has 6 heteroatoms. The largest absolute Gasteiger partial charge is 0.349 e. The minimum Gasteiger partial charge on any atom is -0.349 e. The number of amides is 1. The maximum absolute atomic E-state index is 13.4. The molecule has 182 valence electrons. The molecule has 3 heterocycles. The topological polar surface area (TPSA) is 59.8 Å². The average Bonchev–Trinajstić information content (AvgIpc) is 3.47. The second kappa shape index (κ2) is 11.3. The molecule has 0 saturated heterocycles. The number of aryl methyl sites for hydroxylation is 1. The van der Waals surface area contributed by atoms with E-state index in [9.17, 15) is 4.79 Å². The SMILES string of the molecule is CCCCC(CC)NC(=O)c1cc(-c2csc(-c3ccc(C)nc3)n2)n(C2CCCCC2)c1C. The zero-order chi connectivity index (χ0) is 24.1. The van der Waals surface area contributed by atoms with Gasteiger partial charge >= 0.3 is 0 Å². The summed E-state index contributed by atoms with van der Waals surface area (Å²) in [5, 5.41) is 6.40. The van der Waals surface area contributed by atoms with E-state index in [0.717, 1.165) is 77.4 Å². The van der Waals surface area contributed by atoms with Crippen LogP contribution >= 0.6 is 11.3 Å². The highest BCUT2D eigenvalue weighted by Gasteiger charge is 2.26. The summed E-state index contributed by atoms with van der Waals surface area (Å²) in [6.45, 7) is 8.46. The molecule has 1 N–H and O–H groups in total. The maximum Gasteiger partial charge on any atom is 0.253 e. The first-order valence-electron chi connectivity index (χ1n) is 12.9. The molecule has 0 aromatic carbocycles. The van der Waals surface area contributed by atoms with Crippen LogP contribution in [0.25, 0.3) is 22.0 Å². The van der Waals surface area contributed by atoms with Crippen molar-refractivity contribution < 1.29 is 4.79 Å². The standard InChI is InChI=1S/C28H38N4OS/c1-5-7-11-22(6-2)30-27(33)24-16-26(32(20(24)4)23-12-9-8-10-13-23)25-18-34-28(31-25)21-15-14-19(3)29-17-21/h14-18,22-23H,5-13H2,1-4H3,(H,30,33). The van der Waals surface area contributed by atoms with E-state index in [1.807, 2.05) is 19.2 Å². The molecule has 34 heavy (non-hydrogen) atoms. The molecule has 1 saturated carbocycles. The molecule has 3 aromatic heterocycles. The van der Waals surface area contributed by atoms with Gasteiger partial charge in [-0.05, 0) is 57.7 Å². The number of carbonyl (C=O) groups excluding carboxylic acids is 1. The van der Waals surface area contributed by atoms with Gasteiger partial charge in [0.05, 0.1) is 17.0 Å². The number of carbonyl (C=O) groups is 1. The summed E-state index contributed by atoms with van der Waals surface area (Å²) in [6.07, 6.45) is 12.3. The maximum atomic E-state index is 13.4. The number of hydrogen-bond acceptors (Lipinski definition) is 4. The van der Waals surface area contributed by atoms with Gasteiger partial charge in [0.25, 0.3) is 5.91 Å². The fourth-order valence-corrected chi connectivity index (χ4v) is 5.87. The predicted octanol–water partition coefficient (Wildman–Crippen LogP) is 7.49. The molecular formula is C28H38N4OS. The number of nitrogens with zero attached hydrogens (tertiary/aromatic N) is 3. The van der Waals surface area contributed by atoms with E-state index in [0.29, 0.717) is 6.04 Å². The Balaban J connectivity index is 1.69. The first-order chi connectivity index (χ1) is 16.5. The summed E-state index contributed by atoms with van der Waals surface area (Å²) >= 11 is 1.64. The van der Waals surface area contributed by atoms with Gasteiger partial charge in [0.1, 0.15) is 5.01 Å². The summed E-state index contributed by atoms with van der Waals surface area (Å²) in [7, 11) is 0. The Morgan fingerprint density at radius 2 is 2.00 bits per heavy atom. The molecule has 0 aliphatic heterocycles. The third-order valence-corrected chi connectivity index (χ3v) is 8.03. The molecule has 0 spiro atoms. The van der Waals surface area contributed by atoms with Gasteiger partial charge in [-0.2, -0.15) is 0 Å². The molecule has 1 atom stereocenters. The van der Waals surface area contributed by atoms with Crippen LogP contribution in [0.5, 0.6) is 0 Å². The zero-order valence-corrected chi connectivity index (χ0v) is 21.9. The summed E-state index contributed by atoms with van der Waals surface area (Å²) in [4.78, 5) is 22.8. The van der Waals surface area contributed by atoms with Gasteiger partial charge in [-0.1, -0.05) is 46.0 Å². The lowest BCUT2D eigenvalue weighted by Crippen LogP contribution is -2.34. The van der Waals surface area contributed by atoms with Crippen molar-refractivity contribution in [3.8, 4) is 22.0 Å². The van der Waals surface area contributed by atoms with Crippen LogP contribution in [-0.2, 0) is 0 Å². The van der Waals surface area contributed by atoms with Crippen molar-refractivity contribution in [2.45, 2.75) is 97.6 Å². The number of unbranched alkanes of at least 4 members (excludes halogenated alkanes) is 1. The Labute approximate surface area is 208 Å². The predicted molar refractivity (Wildman–Crippen MR) is 141 cm³/mol. The average molecular weight is 479 g/mol. The fourth-order valence-electron chi connectivity index (χ4n) is 5.07. The highest BCUT2D eigenvalue weighted by atomic mass is 32.1. The van der Waals surface area contributed by atoms with Crippen molar-refractivity contribution in [2.24, 2.45) is 0 Å². The van der Waals surface area contributed by atoms with Crippen LogP contribution in [0.2, 0.25) is 0 Å². The van der Waals surface area contributed by atoms with Crippen molar-refractivity contribution in [1.82, 2.24) is 19.9 Å². The quantitative estimate of drug-likeness (QED) is 0.346. The number of thiazole rings is 1. The van der Waals surface area contributed by atoms with E-state index in [4.69, 9.17) is 4.98 Å². The minimum atomic E-state index is 0.0504. The Hall–Kier alpha value is -2.47. The smallest absolute Gasteiger partial charge is 0.253 e. The van der Waals surface area contributed by atoms with Crippen LogP contribution in [0.4, 0.5) is 0 Å². The van der Waals surface area contributed by atoms with Gasteiger partial charge in [-0.25, -0.2) is 4.98 Å². The van der Waals surface area contributed by atoms with E-state index in [2.05, 4.69) is 53.2 Å². The van der Waals surface area contributed by atoms with Crippen molar-refractivity contribution in [2.75, 3.05) is 0 Å². The van der Waals surface area contributed by atoms with Crippen molar-refractivity contribution in [3.05, 3.63) is 46.7 Å². The van der Waals surface area contributed by atoms with Crippen molar-refractivity contribution >= 4 is 17.2 Å². The molecule has 1 amide bonds. The highest BCUT2D eigenvalue weighted by Crippen LogP contribution is 2.37. The van der Waals surface area contributed by atoms with Crippen LogP contribution in [0.3, 0.4) is 0 Å². The molecule has 1 aliphatic rings. The molecule has 0 bridgehead atoms. The third-order valence-electron chi connectivity index (χ3n) is 7.14. The minimum absolute atomic E-state index is 0.0504. The van der Waals surface area contributed by atoms with E-state index >= 15 is 0 Å². The fraction of sp³-hybridized carbons (Fsp3) is 0.536. The molecule has 4 rings (SSSR count). The number of aromatic nitrogens is 3. The highest BCUT2D eigenvalue weighted by molar-refractivity contribution is 7.13. The Morgan fingerprint density at radius 1 is 1.21 bits per heavy atom. The second-order valence-electron chi connectivity index (χ2n) is 9.64. The summed E-state index contributed by atoms with van der Waals surface area (Å²) in [5.41, 5.74) is 5.92. The molecular weight excluding hydrogens is 440 g/mol. The second-order valence-corrected chi connectivity index (χ2v) is 10.5. The van der Waals surface area contributed by atoms with Gasteiger partial charge in [0.2, 0.25) is 0 Å². The molecule has 1 unspecified atom stereocenters. The first kappa shape index (κ1) is 24.6. The van der Waals surface area contributed by atoms with E-state index in [1.165, 1.54) is 19.3 Å². The van der Waals surface area contributed by atoms with Gasteiger partial charge < -0.3 is 9.88 Å². The number of hydrogen-bond donors (Lipinski definition) is 1. The van der Waals surface area contributed by atoms with Gasteiger partial charge in [-0.15, -0.1) is 11.3 Å². The van der Waals surface area contributed by atoms with Crippen LogP contribution in [0, 0.1) is 13.8 Å². The third kappa shape index (κ3) is 5.43. The Bertz CT molecular complexity index is 1090. The number of rotatable bonds is 9. The molecule has 0 radical (unpaired) electrons. The van der Waals surface area contributed by atoms with Crippen molar-refractivity contribution in [3.63, 3.8) is 0 Å². The number of nitrogens with one attached hydrogen (secondary N) is 1. The lowest BCUT2D eigenvalue weighted by Gasteiger charge is -2.27. The molecule has 3 aromatic rings. The lowest BCUT2D eigenvalue weighted by molar-refractivity contribution is 0.0932. The van der Waals surface area contributed by atoms with E-state index in [1.54, 1.807) is 11.3 Å². The van der Waals surface area contributed by atoms with E-state index < -0.39 is 0 Å². The van der Waals surface area contributed by atoms with Crippen LogP contribution in [0.1, 0.15) is 99.4 Å². The van der Waals surface area contributed by atoms with Gasteiger partial charge in [0.15, 0.2) is 0 Å². The molecule has 1 fully saturated rings. The summed E-state index contributed by atoms with van der Waals surface area (Å²) < 4.78 is 2.41. The monoisotopic (exact) mass is 478 g/mol. The summed E-state index contributed by atoms with van der Waals surface area (Å²) in [6, 6.07) is 6.84. The Morgan fingerprint density at radius 3 is 2.68 bits per heavy atom. The van der Waals surface area contributed by atoms with Gasteiger partial charge in [-0.3, -0.25) is 9.78 Å². The van der Waals surface area contributed by atoms with Crippen LogP contribution in [0.15, 0.2) is 29.8 Å². The zero-order valence-electron chi connectivity index (χ0n) is 21.1. The van der Waals surface area contributed by atoms with Gasteiger partial charge in [0, 0.05) is 40.6 Å². The summed E-state index contributed by atoms with van der Waals surface area (Å²) in [5.74, 6) is 0.0504. The van der Waals surface area contributed by atoms with Crippen LogP contribution in [-0.4, -0.2) is 26.5 Å². The first-order valence-corrected chi connectivity index (χ1v) is 13.8. The molecule has 5 nitrogen and oxygen atoms in total.